The van der Waals surface area contributed by atoms with Gasteiger partial charge < -0.3 is 15.0 Å². The minimum Gasteiger partial charge on any atom is -0.496 e. The number of methoxy groups -OCH3 is 1. The number of aromatic nitrogens is 2. The first-order chi connectivity index (χ1) is 14.1. The second-order valence-corrected chi connectivity index (χ2v) is 8.04. The Morgan fingerprint density at radius 2 is 1.93 bits per heavy atom. The Hall–Kier alpha value is -2.63. The van der Waals surface area contributed by atoms with E-state index < -0.39 is 0 Å². The number of nitrogens with zero attached hydrogens (tertiary/aromatic N) is 3. The molecule has 0 radical (unpaired) electrons. The molecule has 0 saturated carbocycles. The van der Waals surface area contributed by atoms with E-state index in [-0.39, 0.29) is 11.9 Å². The van der Waals surface area contributed by atoms with E-state index in [1.807, 2.05) is 31.2 Å². The molecule has 1 N–H and O–H groups in total. The fourth-order valence-electron chi connectivity index (χ4n) is 4.49. The summed E-state index contributed by atoms with van der Waals surface area (Å²) in [5.74, 6) is 2.82. The van der Waals surface area contributed by atoms with Crippen molar-refractivity contribution in [3.8, 4) is 5.75 Å². The molecule has 0 spiro atoms. The molecule has 4 rings (SSSR count). The first-order valence-corrected chi connectivity index (χ1v) is 10.7. The number of carbonyl (C=O) groups is 1. The topological polar surface area (TPSA) is 67.3 Å². The lowest BCUT2D eigenvalue weighted by molar-refractivity contribution is -0.121. The van der Waals surface area contributed by atoms with Crippen LogP contribution in [0.5, 0.6) is 5.75 Å². The highest BCUT2D eigenvalue weighted by Gasteiger charge is 2.26. The number of aryl methyl sites for hydroxylation is 2. The van der Waals surface area contributed by atoms with Gasteiger partial charge in [0.05, 0.1) is 13.5 Å². The van der Waals surface area contributed by atoms with Gasteiger partial charge in [0.25, 0.3) is 0 Å². The normalized spacial score (nSPS) is 17.0. The van der Waals surface area contributed by atoms with Crippen molar-refractivity contribution in [1.29, 1.82) is 0 Å². The number of anilines is 1. The van der Waals surface area contributed by atoms with E-state index in [1.54, 1.807) is 7.11 Å². The fraction of sp³-hybridized carbons (Fsp3) is 0.522. The number of rotatable bonds is 5. The third-order valence-electron chi connectivity index (χ3n) is 5.98. The zero-order chi connectivity index (χ0) is 20.2. The average molecular weight is 395 g/mol. The Bertz CT molecular complexity index is 875. The zero-order valence-corrected chi connectivity index (χ0v) is 17.4. The van der Waals surface area contributed by atoms with Gasteiger partial charge in [0.15, 0.2) is 0 Å². The number of nitrogens with one attached hydrogen (secondary N) is 1. The number of ether oxygens (including phenoxy) is 1. The summed E-state index contributed by atoms with van der Waals surface area (Å²) in [6.45, 7) is 3.83. The van der Waals surface area contributed by atoms with E-state index in [0.717, 1.165) is 61.7 Å². The molecule has 1 aromatic heterocycles. The highest BCUT2D eigenvalue weighted by Crippen LogP contribution is 2.29. The van der Waals surface area contributed by atoms with Gasteiger partial charge in [0.2, 0.25) is 5.91 Å². The van der Waals surface area contributed by atoms with Crippen LogP contribution in [0.4, 0.5) is 5.82 Å². The highest BCUT2D eigenvalue weighted by molar-refractivity contribution is 5.79. The molecule has 0 unspecified atom stereocenters. The molecule has 1 aromatic carbocycles. The van der Waals surface area contributed by atoms with Crippen LogP contribution in [0.3, 0.4) is 0 Å². The molecule has 1 saturated heterocycles. The maximum absolute atomic E-state index is 12.5. The van der Waals surface area contributed by atoms with Crippen LogP contribution in [0.15, 0.2) is 24.3 Å². The van der Waals surface area contributed by atoms with Crippen LogP contribution >= 0.6 is 0 Å². The van der Waals surface area contributed by atoms with E-state index in [4.69, 9.17) is 9.72 Å². The van der Waals surface area contributed by atoms with Crippen molar-refractivity contribution < 1.29 is 9.53 Å². The van der Waals surface area contributed by atoms with Crippen LogP contribution in [0, 0.1) is 6.92 Å². The molecular weight excluding hydrogens is 364 g/mol. The number of benzene rings is 1. The molecule has 29 heavy (non-hydrogen) atoms. The smallest absolute Gasteiger partial charge is 0.224 e. The fourth-order valence-corrected chi connectivity index (χ4v) is 4.49. The molecule has 1 amide bonds. The van der Waals surface area contributed by atoms with Crippen molar-refractivity contribution in [2.45, 2.75) is 57.9 Å². The molecule has 2 aromatic rings. The second kappa shape index (κ2) is 8.80. The van der Waals surface area contributed by atoms with Crippen molar-refractivity contribution in [3.63, 3.8) is 0 Å². The van der Waals surface area contributed by atoms with Gasteiger partial charge in [-0.05, 0) is 51.5 Å². The number of carbonyl (C=O) groups excluding carboxylic acids is 1. The number of hydrogen-bond donors (Lipinski definition) is 1. The van der Waals surface area contributed by atoms with Crippen LogP contribution in [0.1, 0.15) is 48.3 Å². The van der Waals surface area contributed by atoms with Crippen LogP contribution in [0.2, 0.25) is 0 Å². The van der Waals surface area contributed by atoms with Gasteiger partial charge in [0.1, 0.15) is 17.4 Å². The van der Waals surface area contributed by atoms with Gasteiger partial charge >= 0.3 is 0 Å². The summed E-state index contributed by atoms with van der Waals surface area (Å²) in [6, 6.07) is 7.91. The van der Waals surface area contributed by atoms with Crippen LogP contribution in [-0.2, 0) is 24.1 Å². The molecular formula is C23H30N4O2. The molecule has 2 aliphatic rings. The van der Waals surface area contributed by atoms with Gasteiger partial charge in [-0.2, -0.15) is 0 Å². The maximum atomic E-state index is 12.5. The number of amides is 1. The van der Waals surface area contributed by atoms with E-state index in [0.29, 0.717) is 6.42 Å². The third kappa shape index (κ3) is 4.52. The van der Waals surface area contributed by atoms with Gasteiger partial charge in [-0.3, -0.25) is 4.79 Å². The Labute approximate surface area is 172 Å². The summed E-state index contributed by atoms with van der Waals surface area (Å²) in [6.07, 6.45) is 6.83. The highest BCUT2D eigenvalue weighted by atomic mass is 16.5. The lowest BCUT2D eigenvalue weighted by Crippen LogP contribution is -2.45. The summed E-state index contributed by atoms with van der Waals surface area (Å²) >= 11 is 0. The quantitative estimate of drug-likeness (QED) is 0.844. The van der Waals surface area contributed by atoms with Gasteiger partial charge in [-0.1, -0.05) is 18.2 Å². The lowest BCUT2D eigenvalue weighted by Gasteiger charge is -2.35. The summed E-state index contributed by atoms with van der Waals surface area (Å²) in [5, 5.41) is 3.21. The summed E-state index contributed by atoms with van der Waals surface area (Å²) in [4.78, 5) is 24.4. The summed E-state index contributed by atoms with van der Waals surface area (Å²) in [7, 11) is 1.64. The Morgan fingerprint density at radius 3 is 2.72 bits per heavy atom. The standard InChI is InChI=1S/C23H30N4O2/c1-16-24-20-9-5-4-8-19(20)23(25-16)27-13-11-18(12-14-27)26-22(28)15-17-7-3-6-10-21(17)29-2/h3,6-7,10,18H,4-5,8-9,11-15H2,1-2H3,(H,26,28). The van der Waals surface area contributed by atoms with Gasteiger partial charge in [-0.25, -0.2) is 9.97 Å². The third-order valence-corrected chi connectivity index (χ3v) is 5.98. The Kier molecular flexibility index (Phi) is 5.97. The van der Waals surface area contributed by atoms with E-state index in [2.05, 4.69) is 15.2 Å². The Morgan fingerprint density at radius 1 is 1.17 bits per heavy atom. The van der Waals surface area contributed by atoms with E-state index >= 15 is 0 Å². The molecule has 6 nitrogen and oxygen atoms in total. The first kappa shape index (κ1) is 19.7. The number of hydrogen-bond acceptors (Lipinski definition) is 5. The van der Waals surface area contributed by atoms with Crippen LogP contribution < -0.4 is 15.0 Å². The molecule has 154 valence electrons. The van der Waals surface area contributed by atoms with E-state index in [1.165, 1.54) is 24.1 Å². The molecule has 1 fully saturated rings. The predicted molar refractivity (Wildman–Crippen MR) is 113 cm³/mol. The molecule has 0 bridgehead atoms. The minimum atomic E-state index is 0.0585. The number of piperidine rings is 1. The van der Waals surface area contributed by atoms with Crippen LogP contribution in [0.25, 0.3) is 0 Å². The molecule has 1 aliphatic heterocycles. The second-order valence-electron chi connectivity index (χ2n) is 8.04. The van der Waals surface area contributed by atoms with Crippen molar-refractivity contribution in [1.82, 2.24) is 15.3 Å². The Balaban J connectivity index is 1.35. The summed E-state index contributed by atoms with van der Waals surface area (Å²) in [5.41, 5.74) is 3.51. The molecule has 2 heterocycles. The molecule has 6 heteroatoms. The van der Waals surface area contributed by atoms with Crippen molar-refractivity contribution in [3.05, 3.63) is 46.9 Å². The van der Waals surface area contributed by atoms with Gasteiger partial charge in [-0.15, -0.1) is 0 Å². The number of para-hydroxylation sites is 1. The monoisotopic (exact) mass is 394 g/mol. The lowest BCUT2D eigenvalue weighted by atomic mass is 9.95. The minimum absolute atomic E-state index is 0.0585. The predicted octanol–water partition coefficient (Wildman–Crippen LogP) is 3.00. The molecule has 1 aliphatic carbocycles. The van der Waals surface area contributed by atoms with E-state index in [9.17, 15) is 4.79 Å². The molecule has 0 atom stereocenters. The number of fused-ring (bicyclic) bond motifs is 1. The first-order valence-electron chi connectivity index (χ1n) is 10.7. The van der Waals surface area contributed by atoms with Crippen molar-refractivity contribution in [2.24, 2.45) is 0 Å². The van der Waals surface area contributed by atoms with Crippen molar-refractivity contribution in [2.75, 3.05) is 25.1 Å². The zero-order valence-electron chi connectivity index (χ0n) is 17.4. The summed E-state index contributed by atoms with van der Waals surface area (Å²) < 4.78 is 5.36. The van der Waals surface area contributed by atoms with Gasteiger partial charge in [0, 0.05) is 36.0 Å². The largest absolute Gasteiger partial charge is 0.496 e. The van der Waals surface area contributed by atoms with Crippen molar-refractivity contribution >= 4 is 11.7 Å². The maximum Gasteiger partial charge on any atom is 0.224 e. The average Bonchev–Trinajstić information content (AvgIpc) is 2.74. The SMILES string of the molecule is COc1ccccc1CC(=O)NC1CCN(c2nc(C)nc3c2CCCC3)CC1. The van der Waals surface area contributed by atoms with Crippen LogP contribution in [-0.4, -0.2) is 42.1 Å².